The second kappa shape index (κ2) is 9.67. The zero-order valence-electron chi connectivity index (χ0n) is 20.8. The smallest absolute Gasteiger partial charge is 0.314 e. The fourth-order valence-electron chi connectivity index (χ4n) is 6.52. The third-order valence-corrected chi connectivity index (χ3v) is 9.05. The highest BCUT2D eigenvalue weighted by Gasteiger charge is 2.46. The summed E-state index contributed by atoms with van der Waals surface area (Å²) < 4.78 is 44.2. The van der Waals surface area contributed by atoms with Gasteiger partial charge in [0, 0.05) is 11.8 Å². The maximum Gasteiger partial charge on any atom is 0.314 e. The van der Waals surface area contributed by atoms with E-state index in [9.17, 15) is 22.6 Å². The van der Waals surface area contributed by atoms with Crippen LogP contribution in [0.2, 0.25) is 0 Å². The molecule has 0 saturated carbocycles. The number of carbonyl (C=O) groups is 2. The van der Waals surface area contributed by atoms with E-state index in [-0.39, 0.29) is 41.6 Å². The summed E-state index contributed by atoms with van der Waals surface area (Å²) in [5, 5.41) is 0. The van der Waals surface area contributed by atoms with E-state index in [1.165, 1.54) is 34.4 Å². The lowest BCUT2D eigenvalue weighted by molar-refractivity contribution is -0.151. The van der Waals surface area contributed by atoms with Crippen molar-refractivity contribution in [1.29, 1.82) is 0 Å². The van der Waals surface area contributed by atoms with E-state index < -0.39 is 16.1 Å². The monoisotopic (exact) mass is 532 g/mol. The maximum absolute atomic E-state index is 13.2. The summed E-state index contributed by atoms with van der Waals surface area (Å²) in [5.41, 5.74) is 6.01. The zero-order chi connectivity index (χ0) is 26.4. The maximum atomic E-state index is 13.2. The summed E-state index contributed by atoms with van der Waals surface area (Å²) >= 11 is 0. The van der Waals surface area contributed by atoms with Crippen LogP contribution in [0.4, 0.5) is 0 Å². The minimum atomic E-state index is -4.36. The molecule has 0 aromatic heterocycles. The van der Waals surface area contributed by atoms with Crippen molar-refractivity contribution < 1.29 is 32.0 Å². The van der Waals surface area contributed by atoms with E-state index in [1.807, 2.05) is 24.3 Å². The highest BCUT2D eigenvalue weighted by molar-refractivity contribution is 7.85. The van der Waals surface area contributed by atoms with Crippen molar-refractivity contribution in [3.8, 4) is 5.75 Å². The first-order valence-corrected chi connectivity index (χ1v) is 14.4. The highest BCUT2D eigenvalue weighted by Crippen LogP contribution is 2.55. The molecular weight excluding hydrogens is 504 g/mol. The molecule has 0 heterocycles. The lowest BCUT2D eigenvalue weighted by Gasteiger charge is -2.44. The lowest BCUT2D eigenvalue weighted by Crippen LogP contribution is -2.37. The Balaban J connectivity index is 1.12. The third kappa shape index (κ3) is 4.31. The molecule has 0 spiro atoms. The fraction of sp³-hybridized carbons (Fsp3) is 0.333. The van der Waals surface area contributed by atoms with Gasteiger partial charge in [-0.3, -0.25) is 14.1 Å². The van der Waals surface area contributed by atoms with Gasteiger partial charge in [0.1, 0.15) is 12.4 Å². The molecule has 2 bridgehead atoms. The normalized spacial score (nSPS) is 21.1. The molecule has 0 aliphatic heterocycles. The van der Waals surface area contributed by atoms with Gasteiger partial charge in [0.15, 0.2) is 0 Å². The van der Waals surface area contributed by atoms with Crippen LogP contribution in [-0.4, -0.2) is 31.5 Å². The van der Waals surface area contributed by atoms with E-state index in [1.54, 1.807) is 0 Å². The fourth-order valence-corrected chi connectivity index (χ4v) is 7.30. The Labute approximate surface area is 221 Å². The minimum absolute atomic E-state index is 0.0697. The van der Waals surface area contributed by atoms with Gasteiger partial charge < -0.3 is 9.47 Å². The highest BCUT2D eigenvalue weighted by atomic mass is 32.2. The van der Waals surface area contributed by atoms with Gasteiger partial charge in [0.2, 0.25) is 0 Å². The summed E-state index contributed by atoms with van der Waals surface area (Å²) in [7, 11) is -4.36. The van der Waals surface area contributed by atoms with Crippen LogP contribution in [0.15, 0.2) is 65.6 Å². The van der Waals surface area contributed by atoms with E-state index in [4.69, 9.17) is 9.47 Å². The van der Waals surface area contributed by atoms with Crippen LogP contribution in [0.25, 0.3) is 0 Å². The molecule has 1 unspecified atom stereocenters. The summed E-state index contributed by atoms with van der Waals surface area (Å²) in [6.45, 7) is -0.0971. The van der Waals surface area contributed by atoms with Crippen molar-refractivity contribution in [2.24, 2.45) is 5.92 Å². The molecule has 1 atom stereocenters. The number of hydrogen-bond acceptors (Lipinski definition) is 6. The molecule has 8 heteroatoms. The molecule has 7 rings (SSSR count). The van der Waals surface area contributed by atoms with Crippen LogP contribution < -0.4 is 4.74 Å². The Morgan fingerprint density at radius 2 is 1.45 bits per heavy atom. The zero-order valence-corrected chi connectivity index (χ0v) is 21.6. The topological polar surface area (TPSA) is 107 Å². The Hall–Kier alpha value is -3.49. The van der Waals surface area contributed by atoms with E-state index in [0.29, 0.717) is 36.1 Å². The van der Waals surface area contributed by atoms with Crippen molar-refractivity contribution in [2.45, 2.75) is 55.3 Å². The van der Waals surface area contributed by atoms with Crippen LogP contribution in [0.3, 0.4) is 0 Å². The van der Waals surface area contributed by atoms with E-state index >= 15 is 0 Å². The van der Waals surface area contributed by atoms with E-state index in [2.05, 4.69) is 24.3 Å². The standard InChI is InChI=1S/C30H28O7S/c31-28(37-26-13-14-27(38(33,34)35)21-10-4-3-9-20(21)26)15-16-36-30(32)25-17-24-18-7-1-5-11-22(18)29(25)23-12-6-2-8-19(23)24/h1-2,5-8,11-14,24-25,29H,3-4,9-10,15-17H2,(H,33,34,35). The van der Waals surface area contributed by atoms with Gasteiger partial charge in [-0.2, -0.15) is 8.42 Å². The number of hydrogen-bond donors (Lipinski definition) is 1. The second-order valence-corrected chi connectivity index (χ2v) is 11.6. The van der Waals surface area contributed by atoms with Gasteiger partial charge in [-0.05, 0) is 77.6 Å². The Bertz CT molecular complexity index is 1490. The van der Waals surface area contributed by atoms with Gasteiger partial charge in [0.25, 0.3) is 10.1 Å². The first-order chi connectivity index (χ1) is 18.3. The molecule has 7 nitrogen and oxygen atoms in total. The predicted octanol–water partition coefficient (Wildman–Crippen LogP) is 4.95. The predicted molar refractivity (Wildman–Crippen MR) is 139 cm³/mol. The first-order valence-electron chi connectivity index (χ1n) is 13.0. The Morgan fingerprint density at radius 3 is 2.08 bits per heavy atom. The van der Waals surface area contributed by atoms with Crippen molar-refractivity contribution in [1.82, 2.24) is 0 Å². The quantitative estimate of drug-likeness (QED) is 0.272. The molecular formula is C30H28O7S. The largest absolute Gasteiger partial charge is 0.465 e. The van der Waals surface area contributed by atoms with Gasteiger partial charge in [0.05, 0.1) is 17.2 Å². The van der Waals surface area contributed by atoms with Crippen LogP contribution >= 0.6 is 0 Å². The van der Waals surface area contributed by atoms with Crippen molar-refractivity contribution in [3.05, 3.63) is 94.0 Å². The Morgan fingerprint density at radius 1 is 0.842 bits per heavy atom. The number of benzene rings is 3. The molecule has 0 saturated heterocycles. The van der Waals surface area contributed by atoms with Crippen molar-refractivity contribution in [2.75, 3.05) is 6.61 Å². The number of esters is 2. The van der Waals surface area contributed by atoms with Gasteiger partial charge in [-0.15, -0.1) is 0 Å². The molecule has 0 amide bonds. The van der Waals surface area contributed by atoms with Crippen LogP contribution in [0.1, 0.15) is 70.9 Å². The molecule has 0 radical (unpaired) electrons. The molecule has 3 aromatic rings. The molecule has 0 fully saturated rings. The van der Waals surface area contributed by atoms with Crippen molar-refractivity contribution >= 4 is 22.1 Å². The number of ether oxygens (including phenoxy) is 2. The average molecular weight is 533 g/mol. The lowest BCUT2D eigenvalue weighted by atomic mass is 9.59. The molecule has 4 aliphatic rings. The van der Waals surface area contributed by atoms with Crippen LogP contribution in [-0.2, 0) is 37.3 Å². The van der Waals surface area contributed by atoms with Crippen LogP contribution in [0.5, 0.6) is 5.75 Å². The van der Waals surface area contributed by atoms with Crippen molar-refractivity contribution in [3.63, 3.8) is 0 Å². The van der Waals surface area contributed by atoms with Gasteiger partial charge in [-0.25, -0.2) is 0 Å². The summed E-state index contributed by atoms with van der Waals surface area (Å²) in [6.07, 6.45) is 3.23. The number of rotatable bonds is 6. The summed E-state index contributed by atoms with van der Waals surface area (Å²) in [5.74, 6) is -0.828. The SMILES string of the molecule is O=C(CCOC(=O)C1CC2c3ccccc3C1c1ccccc12)Oc1ccc(S(=O)(=O)O)c2c1CCCC2. The number of carbonyl (C=O) groups excluding carboxylic acids is 2. The molecule has 3 aromatic carbocycles. The average Bonchev–Trinajstić information content (AvgIpc) is 2.92. The van der Waals surface area contributed by atoms with E-state index in [0.717, 1.165) is 12.8 Å². The molecule has 196 valence electrons. The summed E-state index contributed by atoms with van der Waals surface area (Å²) in [6, 6.07) is 19.2. The Kier molecular flexibility index (Phi) is 6.32. The second-order valence-electron chi connectivity index (χ2n) is 10.2. The molecule has 4 aliphatic carbocycles. The van der Waals surface area contributed by atoms with Gasteiger partial charge in [-0.1, -0.05) is 48.5 Å². The number of fused-ring (bicyclic) bond motifs is 2. The minimum Gasteiger partial charge on any atom is -0.465 e. The summed E-state index contributed by atoms with van der Waals surface area (Å²) in [4.78, 5) is 25.7. The van der Waals surface area contributed by atoms with Gasteiger partial charge >= 0.3 is 11.9 Å². The third-order valence-electron chi connectivity index (χ3n) is 8.11. The molecule has 38 heavy (non-hydrogen) atoms. The first kappa shape index (κ1) is 24.8. The van der Waals surface area contributed by atoms with Crippen LogP contribution in [0, 0.1) is 5.92 Å². The molecule has 1 N–H and O–H groups in total.